The number of nitrogens with zero attached hydrogens (tertiary/aromatic N) is 7. The van der Waals surface area contributed by atoms with Crippen molar-refractivity contribution < 1.29 is 23.2 Å². The Balaban J connectivity index is 1.17. The predicted octanol–water partition coefficient (Wildman–Crippen LogP) is 2.31. The summed E-state index contributed by atoms with van der Waals surface area (Å²) in [4.78, 5) is 47.6. The summed E-state index contributed by atoms with van der Waals surface area (Å²) < 4.78 is 18.2. The molecule has 0 radical (unpaired) electrons. The fraction of sp³-hybridized carbons (Fsp3) is 0.407. The monoisotopic (exact) mass is 593 g/mol. The molecule has 3 N–H and O–H groups in total. The zero-order valence-corrected chi connectivity index (χ0v) is 23.9. The van der Waals surface area contributed by atoms with Gasteiger partial charge in [-0.1, -0.05) is 6.07 Å². The standard InChI is InChI=1S/C27H31N9O5S/c1-17-2-3-18(24(37)34-6-10-39-11-7-34)14-21(17)31-27(38)41-42-36-5-4-20-22(19-15-29-25(28)30-16-19)32-26(33-23(20)36)35-8-12-40-13-9-35/h2-3,14-16H,4-13H2,1H3,(H,31,38)(H2,28,29,30). The Morgan fingerprint density at radius 1 is 1.00 bits per heavy atom. The molecule has 2 saturated heterocycles. The first kappa shape index (κ1) is 27.9. The summed E-state index contributed by atoms with van der Waals surface area (Å²) >= 11 is 0.902. The second kappa shape index (κ2) is 12.3. The average Bonchev–Trinajstić information content (AvgIpc) is 3.44. The van der Waals surface area contributed by atoms with Crippen LogP contribution < -0.4 is 20.3 Å². The van der Waals surface area contributed by atoms with Crippen LogP contribution >= 0.6 is 12.2 Å². The molecule has 6 rings (SSSR count). The number of nitrogens with two attached hydrogens (primary N) is 1. The maximum absolute atomic E-state index is 12.9. The van der Waals surface area contributed by atoms with Crippen LogP contribution in [0, 0.1) is 6.92 Å². The highest BCUT2D eigenvalue weighted by atomic mass is 32.2. The van der Waals surface area contributed by atoms with Crippen LogP contribution in [0.4, 0.5) is 28.2 Å². The van der Waals surface area contributed by atoms with Gasteiger partial charge in [-0.15, -0.1) is 0 Å². The van der Waals surface area contributed by atoms with Gasteiger partial charge in [-0.3, -0.25) is 14.4 Å². The molecule has 0 atom stereocenters. The third-order valence-electron chi connectivity index (χ3n) is 7.24. The lowest BCUT2D eigenvalue weighted by Gasteiger charge is -2.28. The van der Waals surface area contributed by atoms with E-state index in [1.54, 1.807) is 35.5 Å². The first-order valence-electron chi connectivity index (χ1n) is 13.7. The molecule has 0 spiro atoms. The van der Waals surface area contributed by atoms with Crippen LogP contribution in [0.25, 0.3) is 11.3 Å². The number of rotatable bonds is 6. The van der Waals surface area contributed by atoms with Crippen LogP contribution in [0.2, 0.25) is 0 Å². The van der Waals surface area contributed by atoms with Crippen LogP contribution in [0.3, 0.4) is 0 Å². The van der Waals surface area contributed by atoms with Gasteiger partial charge in [0.15, 0.2) is 18.0 Å². The molecule has 2 fully saturated rings. The van der Waals surface area contributed by atoms with E-state index >= 15 is 0 Å². The van der Waals surface area contributed by atoms with Crippen molar-refractivity contribution in [3.63, 3.8) is 0 Å². The van der Waals surface area contributed by atoms with Crippen LogP contribution in [0.15, 0.2) is 30.6 Å². The van der Waals surface area contributed by atoms with Gasteiger partial charge in [0.1, 0.15) is 0 Å². The molecule has 42 heavy (non-hydrogen) atoms. The Kier molecular flexibility index (Phi) is 8.21. The summed E-state index contributed by atoms with van der Waals surface area (Å²) in [6.45, 7) is 7.01. The molecule has 14 nitrogen and oxygen atoms in total. The van der Waals surface area contributed by atoms with Gasteiger partial charge in [-0.2, -0.15) is 4.98 Å². The van der Waals surface area contributed by atoms with Gasteiger partial charge in [-0.05, 0) is 31.0 Å². The number of hydrogen-bond acceptors (Lipinski definition) is 13. The van der Waals surface area contributed by atoms with E-state index in [0.29, 0.717) is 94.3 Å². The van der Waals surface area contributed by atoms with Gasteiger partial charge in [0, 0.05) is 67.5 Å². The zero-order chi connectivity index (χ0) is 29.1. The van der Waals surface area contributed by atoms with Crippen molar-refractivity contribution in [2.24, 2.45) is 0 Å². The van der Waals surface area contributed by atoms with Gasteiger partial charge < -0.3 is 29.2 Å². The molecule has 0 bridgehead atoms. The number of fused-ring (bicyclic) bond motifs is 1. The Morgan fingerprint density at radius 2 is 1.71 bits per heavy atom. The molecule has 0 saturated carbocycles. The van der Waals surface area contributed by atoms with Crippen molar-refractivity contribution in [2.75, 3.05) is 79.4 Å². The maximum Gasteiger partial charge on any atom is 0.425 e. The van der Waals surface area contributed by atoms with Crippen molar-refractivity contribution in [3.8, 4) is 11.3 Å². The smallest absolute Gasteiger partial charge is 0.378 e. The minimum Gasteiger partial charge on any atom is -0.378 e. The highest BCUT2D eigenvalue weighted by Gasteiger charge is 2.30. The van der Waals surface area contributed by atoms with Crippen molar-refractivity contribution in [3.05, 3.63) is 47.3 Å². The van der Waals surface area contributed by atoms with E-state index in [1.807, 2.05) is 11.2 Å². The highest BCUT2D eigenvalue weighted by molar-refractivity contribution is 7.96. The third kappa shape index (κ3) is 6.03. The number of nitrogens with one attached hydrogen (secondary N) is 1. The summed E-state index contributed by atoms with van der Waals surface area (Å²) in [5.74, 6) is 1.29. The second-order valence-electron chi connectivity index (χ2n) is 9.96. The molecule has 0 unspecified atom stereocenters. The molecule has 3 aromatic rings. The Bertz CT molecular complexity index is 1460. The summed E-state index contributed by atoms with van der Waals surface area (Å²) in [6, 6.07) is 5.24. The van der Waals surface area contributed by atoms with Crippen LogP contribution in [-0.4, -0.2) is 96.0 Å². The van der Waals surface area contributed by atoms with Gasteiger partial charge in [-0.25, -0.2) is 19.7 Å². The number of amides is 2. The lowest BCUT2D eigenvalue weighted by Crippen LogP contribution is -2.40. The quantitative estimate of drug-likeness (QED) is 0.317. The molecule has 3 aliphatic heterocycles. The van der Waals surface area contributed by atoms with E-state index in [9.17, 15) is 9.59 Å². The summed E-state index contributed by atoms with van der Waals surface area (Å²) in [6.07, 6.45) is 3.27. The predicted molar refractivity (Wildman–Crippen MR) is 157 cm³/mol. The summed E-state index contributed by atoms with van der Waals surface area (Å²) in [5, 5.41) is 2.77. The van der Waals surface area contributed by atoms with Gasteiger partial charge >= 0.3 is 6.09 Å². The molecule has 220 valence electrons. The van der Waals surface area contributed by atoms with Crippen LogP contribution in [-0.2, 0) is 20.1 Å². The summed E-state index contributed by atoms with van der Waals surface area (Å²) in [7, 11) is 0. The van der Waals surface area contributed by atoms with Gasteiger partial charge in [0.25, 0.3) is 5.91 Å². The number of carbonyl (C=O) groups is 2. The molecular formula is C27H31N9O5S. The Hall–Kier alpha value is -4.21. The largest absolute Gasteiger partial charge is 0.425 e. The van der Waals surface area contributed by atoms with E-state index in [1.165, 1.54) is 0 Å². The van der Waals surface area contributed by atoms with E-state index in [4.69, 9.17) is 29.4 Å². The lowest BCUT2D eigenvalue weighted by molar-refractivity contribution is 0.0303. The number of anilines is 4. The number of aryl methyl sites for hydroxylation is 1. The average molecular weight is 594 g/mol. The minimum absolute atomic E-state index is 0.101. The second-order valence-corrected chi connectivity index (χ2v) is 10.7. The van der Waals surface area contributed by atoms with Crippen LogP contribution in [0.1, 0.15) is 21.5 Å². The van der Waals surface area contributed by atoms with E-state index in [2.05, 4.69) is 20.2 Å². The number of carbonyl (C=O) groups excluding carboxylic acids is 2. The highest BCUT2D eigenvalue weighted by Crippen LogP contribution is 2.38. The minimum atomic E-state index is -0.665. The first-order valence-corrected chi connectivity index (χ1v) is 14.4. The van der Waals surface area contributed by atoms with Gasteiger partial charge in [0.05, 0.1) is 32.1 Å². The number of benzene rings is 1. The lowest BCUT2D eigenvalue weighted by atomic mass is 10.1. The molecule has 5 heterocycles. The zero-order valence-electron chi connectivity index (χ0n) is 23.1. The molecule has 2 aromatic heterocycles. The number of morpholine rings is 2. The van der Waals surface area contributed by atoms with Gasteiger partial charge in [0.2, 0.25) is 11.9 Å². The maximum atomic E-state index is 12.9. The number of aromatic nitrogens is 4. The van der Waals surface area contributed by atoms with Crippen LogP contribution in [0.5, 0.6) is 0 Å². The number of ether oxygens (including phenoxy) is 2. The fourth-order valence-electron chi connectivity index (χ4n) is 4.94. The third-order valence-corrected chi connectivity index (χ3v) is 8.00. The molecule has 1 aromatic carbocycles. The van der Waals surface area contributed by atoms with Crippen molar-refractivity contribution in [1.82, 2.24) is 24.8 Å². The fourth-order valence-corrected chi connectivity index (χ4v) is 5.53. The molecule has 0 aliphatic carbocycles. The van der Waals surface area contributed by atoms with E-state index < -0.39 is 6.09 Å². The SMILES string of the molecule is Cc1ccc(C(=O)N2CCOCC2)cc1NC(=O)OSN1CCc2c(-c3cnc(N)nc3)nc(N3CCOCC3)nc21. The normalized spacial score (nSPS) is 16.7. The van der Waals surface area contributed by atoms with Crippen molar-refractivity contribution >= 4 is 47.6 Å². The van der Waals surface area contributed by atoms with E-state index in [-0.39, 0.29) is 11.9 Å². The molecule has 2 amide bonds. The van der Waals surface area contributed by atoms with E-state index in [0.717, 1.165) is 28.9 Å². The molecular weight excluding hydrogens is 562 g/mol. The van der Waals surface area contributed by atoms with Crippen molar-refractivity contribution in [1.29, 1.82) is 0 Å². The van der Waals surface area contributed by atoms with Crippen molar-refractivity contribution in [2.45, 2.75) is 13.3 Å². The molecule has 15 heteroatoms. The number of hydrogen-bond donors (Lipinski definition) is 2. The topological polar surface area (TPSA) is 161 Å². The Morgan fingerprint density at radius 3 is 2.45 bits per heavy atom. The Labute approximate surface area is 246 Å². The molecule has 3 aliphatic rings. The first-order chi connectivity index (χ1) is 20.5. The summed E-state index contributed by atoms with van der Waals surface area (Å²) in [5.41, 5.74) is 9.86. The number of nitrogen functional groups attached to an aromatic ring is 1.